The molecule has 7 nitrogen and oxygen atoms in total. The van der Waals surface area contributed by atoms with E-state index in [2.05, 4.69) is 10.7 Å². The van der Waals surface area contributed by atoms with E-state index in [4.69, 9.17) is 4.74 Å². The standard InChI is InChI=1S/C11H19N3O4/c1-11(9(15)16,8-2-3-8)12-10(17)13-14-4-6-18-7-5-14/h8H,2-7H2,1H3,(H,15,16)(H2,12,13,17). The number of carboxylic acid groups (broad SMARTS) is 1. The fourth-order valence-electron chi connectivity index (χ4n) is 2.07. The first-order chi connectivity index (χ1) is 8.52. The van der Waals surface area contributed by atoms with Gasteiger partial charge < -0.3 is 15.2 Å². The number of hydrogen-bond donors (Lipinski definition) is 3. The fraction of sp³-hybridized carbons (Fsp3) is 0.818. The van der Waals surface area contributed by atoms with Gasteiger partial charge in [0, 0.05) is 13.1 Å². The molecule has 1 saturated heterocycles. The predicted molar refractivity (Wildman–Crippen MR) is 62.8 cm³/mol. The lowest BCUT2D eigenvalue weighted by atomic mass is 9.96. The zero-order valence-corrected chi connectivity index (χ0v) is 10.4. The van der Waals surface area contributed by atoms with Gasteiger partial charge in [-0.2, -0.15) is 0 Å². The number of amides is 2. The van der Waals surface area contributed by atoms with Gasteiger partial charge in [0.1, 0.15) is 5.54 Å². The zero-order valence-electron chi connectivity index (χ0n) is 10.4. The van der Waals surface area contributed by atoms with Crippen LogP contribution in [0.25, 0.3) is 0 Å². The molecule has 1 unspecified atom stereocenters. The summed E-state index contributed by atoms with van der Waals surface area (Å²) < 4.78 is 5.16. The highest BCUT2D eigenvalue weighted by Crippen LogP contribution is 2.39. The number of carboxylic acids is 1. The van der Waals surface area contributed by atoms with Crippen LogP contribution in [-0.2, 0) is 9.53 Å². The Kier molecular flexibility index (Phi) is 3.72. The molecule has 2 fully saturated rings. The SMILES string of the molecule is CC(NC(=O)NN1CCOCC1)(C(=O)O)C1CC1. The van der Waals surface area contributed by atoms with Crippen molar-refractivity contribution >= 4 is 12.0 Å². The van der Waals surface area contributed by atoms with Crippen molar-refractivity contribution in [3.8, 4) is 0 Å². The molecular weight excluding hydrogens is 238 g/mol. The molecule has 2 amide bonds. The number of nitrogens with one attached hydrogen (secondary N) is 2. The minimum atomic E-state index is -1.17. The smallest absolute Gasteiger partial charge is 0.330 e. The maximum absolute atomic E-state index is 11.8. The number of nitrogens with zero attached hydrogens (tertiary/aromatic N) is 1. The van der Waals surface area contributed by atoms with E-state index in [1.54, 1.807) is 11.9 Å². The highest BCUT2D eigenvalue weighted by atomic mass is 16.5. The van der Waals surface area contributed by atoms with Crippen molar-refractivity contribution < 1.29 is 19.4 Å². The Morgan fingerprint density at radius 2 is 1.94 bits per heavy atom. The number of morpholine rings is 1. The molecule has 2 rings (SSSR count). The largest absolute Gasteiger partial charge is 0.480 e. The van der Waals surface area contributed by atoms with Crippen molar-refractivity contribution in [3.05, 3.63) is 0 Å². The van der Waals surface area contributed by atoms with Crippen LogP contribution in [0.15, 0.2) is 0 Å². The van der Waals surface area contributed by atoms with Gasteiger partial charge in [0.2, 0.25) is 0 Å². The summed E-state index contributed by atoms with van der Waals surface area (Å²) in [5.74, 6) is -0.951. The molecule has 3 N–H and O–H groups in total. The molecule has 0 radical (unpaired) electrons. The van der Waals surface area contributed by atoms with Gasteiger partial charge in [-0.15, -0.1) is 0 Å². The molecule has 1 atom stereocenters. The molecule has 2 aliphatic rings. The maximum Gasteiger partial charge on any atom is 0.330 e. The van der Waals surface area contributed by atoms with Crippen molar-refractivity contribution in [1.29, 1.82) is 0 Å². The third-order valence-corrected chi connectivity index (χ3v) is 3.48. The molecule has 1 aliphatic carbocycles. The van der Waals surface area contributed by atoms with Crippen LogP contribution in [-0.4, -0.2) is 54.0 Å². The monoisotopic (exact) mass is 257 g/mol. The van der Waals surface area contributed by atoms with Crippen molar-refractivity contribution in [2.24, 2.45) is 5.92 Å². The first-order valence-electron chi connectivity index (χ1n) is 6.17. The predicted octanol–water partition coefficient (Wildman–Crippen LogP) is -0.214. The Morgan fingerprint density at radius 1 is 1.33 bits per heavy atom. The Hall–Kier alpha value is -1.34. The number of hydrogen-bond acceptors (Lipinski definition) is 4. The van der Waals surface area contributed by atoms with Crippen molar-refractivity contribution in [2.75, 3.05) is 26.3 Å². The average Bonchev–Trinajstić information content (AvgIpc) is 3.13. The summed E-state index contributed by atoms with van der Waals surface area (Å²) in [6.45, 7) is 3.92. The van der Waals surface area contributed by atoms with E-state index in [-0.39, 0.29) is 5.92 Å². The van der Waals surface area contributed by atoms with Gasteiger partial charge in [0.05, 0.1) is 13.2 Å². The van der Waals surface area contributed by atoms with Crippen LogP contribution in [0.2, 0.25) is 0 Å². The van der Waals surface area contributed by atoms with Crippen molar-refractivity contribution in [2.45, 2.75) is 25.3 Å². The van der Waals surface area contributed by atoms with Gasteiger partial charge in [-0.25, -0.2) is 14.6 Å². The summed E-state index contributed by atoms with van der Waals surface area (Å²) in [5, 5.41) is 13.5. The Morgan fingerprint density at radius 3 is 2.44 bits per heavy atom. The highest BCUT2D eigenvalue weighted by molar-refractivity contribution is 5.86. The van der Waals surface area contributed by atoms with E-state index in [0.29, 0.717) is 26.3 Å². The van der Waals surface area contributed by atoms with Gasteiger partial charge in [0.15, 0.2) is 0 Å². The molecule has 0 bridgehead atoms. The topological polar surface area (TPSA) is 90.9 Å². The Bertz CT molecular complexity index is 339. The molecule has 1 saturated carbocycles. The number of carbonyl (C=O) groups is 2. The van der Waals surface area contributed by atoms with E-state index in [9.17, 15) is 14.7 Å². The second-order valence-electron chi connectivity index (χ2n) is 4.95. The van der Waals surface area contributed by atoms with E-state index in [1.165, 1.54) is 0 Å². The van der Waals surface area contributed by atoms with Gasteiger partial charge in [0.25, 0.3) is 0 Å². The molecular formula is C11H19N3O4. The van der Waals surface area contributed by atoms with Crippen LogP contribution in [0.5, 0.6) is 0 Å². The summed E-state index contributed by atoms with van der Waals surface area (Å²) >= 11 is 0. The van der Waals surface area contributed by atoms with Crippen molar-refractivity contribution in [1.82, 2.24) is 15.8 Å². The summed E-state index contributed by atoms with van der Waals surface area (Å²) in [6.07, 6.45) is 1.70. The molecule has 0 aromatic carbocycles. The van der Waals surface area contributed by atoms with Crippen molar-refractivity contribution in [3.63, 3.8) is 0 Å². The first-order valence-corrected chi connectivity index (χ1v) is 6.17. The minimum absolute atomic E-state index is 0.0328. The summed E-state index contributed by atoms with van der Waals surface area (Å²) in [6, 6.07) is -0.464. The third-order valence-electron chi connectivity index (χ3n) is 3.48. The van der Waals surface area contributed by atoms with E-state index in [1.807, 2.05) is 0 Å². The van der Waals surface area contributed by atoms with Crippen LogP contribution in [0.4, 0.5) is 4.79 Å². The van der Waals surface area contributed by atoms with E-state index in [0.717, 1.165) is 12.8 Å². The van der Waals surface area contributed by atoms with Crippen LogP contribution in [0.3, 0.4) is 0 Å². The maximum atomic E-state index is 11.8. The summed E-state index contributed by atoms with van der Waals surface area (Å²) in [7, 11) is 0. The molecule has 1 aliphatic heterocycles. The molecule has 18 heavy (non-hydrogen) atoms. The van der Waals surface area contributed by atoms with Gasteiger partial charge in [-0.05, 0) is 25.7 Å². The lowest BCUT2D eigenvalue weighted by molar-refractivity contribution is -0.144. The highest BCUT2D eigenvalue weighted by Gasteiger charge is 2.48. The molecule has 1 heterocycles. The quantitative estimate of drug-likeness (QED) is 0.648. The Labute approximate surface area is 105 Å². The number of carbonyl (C=O) groups excluding carboxylic acids is 1. The zero-order chi connectivity index (χ0) is 13.2. The van der Waals surface area contributed by atoms with Crippen LogP contribution >= 0.6 is 0 Å². The Balaban J connectivity index is 1.86. The lowest BCUT2D eigenvalue weighted by Crippen LogP contribution is -2.60. The number of hydrazine groups is 1. The average molecular weight is 257 g/mol. The number of rotatable bonds is 4. The summed E-state index contributed by atoms with van der Waals surface area (Å²) in [5.41, 5.74) is 1.48. The third kappa shape index (κ3) is 2.91. The number of aliphatic carboxylic acids is 1. The normalized spacial score (nSPS) is 24.1. The molecule has 0 aromatic heterocycles. The summed E-state index contributed by atoms with van der Waals surface area (Å²) in [4.78, 5) is 23.0. The number of ether oxygens (including phenoxy) is 1. The molecule has 7 heteroatoms. The number of urea groups is 1. The van der Waals surface area contributed by atoms with Crippen LogP contribution in [0.1, 0.15) is 19.8 Å². The second-order valence-corrected chi connectivity index (χ2v) is 4.95. The van der Waals surface area contributed by atoms with Gasteiger partial charge in [-0.3, -0.25) is 5.43 Å². The van der Waals surface area contributed by atoms with E-state index < -0.39 is 17.5 Å². The fourth-order valence-corrected chi connectivity index (χ4v) is 2.07. The minimum Gasteiger partial charge on any atom is -0.480 e. The lowest BCUT2D eigenvalue weighted by Gasteiger charge is -2.30. The first kappa shape index (κ1) is 13.1. The van der Waals surface area contributed by atoms with Crippen LogP contribution < -0.4 is 10.7 Å². The van der Waals surface area contributed by atoms with Crippen LogP contribution in [0, 0.1) is 5.92 Å². The van der Waals surface area contributed by atoms with Gasteiger partial charge in [-0.1, -0.05) is 0 Å². The van der Waals surface area contributed by atoms with E-state index >= 15 is 0 Å². The molecule has 0 aromatic rings. The second kappa shape index (κ2) is 5.11. The molecule has 0 spiro atoms. The molecule has 102 valence electrons. The van der Waals surface area contributed by atoms with Gasteiger partial charge >= 0.3 is 12.0 Å².